The van der Waals surface area contributed by atoms with Crippen molar-refractivity contribution in [1.29, 1.82) is 0 Å². The minimum Gasteiger partial charge on any atom is -0.376 e. The van der Waals surface area contributed by atoms with Crippen LogP contribution in [0.4, 0.5) is 0 Å². The molecule has 18 heavy (non-hydrogen) atoms. The Morgan fingerprint density at radius 3 is 2.61 bits per heavy atom. The van der Waals surface area contributed by atoms with Crippen molar-refractivity contribution in [2.45, 2.75) is 53.7 Å². The maximum atomic E-state index is 5.72. The summed E-state index contributed by atoms with van der Waals surface area (Å²) in [6, 6.07) is 4.39. The van der Waals surface area contributed by atoms with E-state index in [0.717, 1.165) is 32.7 Å². The van der Waals surface area contributed by atoms with Gasteiger partial charge in [0, 0.05) is 22.9 Å². The molecule has 0 aliphatic heterocycles. The smallest absolute Gasteiger partial charge is 0.0809 e. The van der Waals surface area contributed by atoms with Crippen LogP contribution in [0.25, 0.3) is 0 Å². The molecule has 0 bridgehead atoms. The summed E-state index contributed by atoms with van der Waals surface area (Å²) in [5, 5.41) is 3.42. The van der Waals surface area contributed by atoms with Crippen molar-refractivity contribution in [2.24, 2.45) is 5.41 Å². The maximum absolute atomic E-state index is 5.72. The van der Waals surface area contributed by atoms with E-state index in [4.69, 9.17) is 4.74 Å². The summed E-state index contributed by atoms with van der Waals surface area (Å²) in [5.74, 6) is 0. The molecule has 1 rings (SSSR count). The Hall–Kier alpha value is -0.380. The summed E-state index contributed by atoms with van der Waals surface area (Å²) in [5.41, 5.74) is 0.366. The van der Waals surface area contributed by atoms with Crippen LogP contribution >= 0.6 is 11.3 Å². The summed E-state index contributed by atoms with van der Waals surface area (Å²) >= 11 is 1.85. The molecule has 0 aliphatic rings. The highest BCUT2D eigenvalue weighted by Gasteiger charge is 2.09. The minimum atomic E-state index is 0.366. The Kier molecular flexibility index (Phi) is 6.90. The molecular weight excluding hydrogens is 242 g/mol. The molecule has 0 aliphatic carbocycles. The quantitative estimate of drug-likeness (QED) is 0.714. The van der Waals surface area contributed by atoms with Gasteiger partial charge in [-0.3, -0.25) is 0 Å². The van der Waals surface area contributed by atoms with Crippen molar-refractivity contribution in [2.75, 3.05) is 13.2 Å². The number of hydrogen-bond acceptors (Lipinski definition) is 3. The van der Waals surface area contributed by atoms with E-state index in [9.17, 15) is 0 Å². The molecule has 104 valence electrons. The fourth-order valence-electron chi connectivity index (χ4n) is 1.53. The summed E-state index contributed by atoms with van der Waals surface area (Å²) in [4.78, 5) is 2.73. The van der Waals surface area contributed by atoms with Gasteiger partial charge in [0.1, 0.15) is 0 Å². The second kappa shape index (κ2) is 7.93. The van der Waals surface area contributed by atoms with Crippen LogP contribution < -0.4 is 5.32 Å². The number of nitrogens with one attached hydrogen (secondary N) is 1. The Morgan fingerprint density at radius 2 is 1.94 bits per heavy atom. The number of hydrogen-bond donors (Lipinski definition) is 1. The van der Waals surface area contributed by atoms with E-state index >= 15 is 0 Å². The lowest BCUT2D eigenvalue weighted by Gasteiger charge is -2.17. The van der Waals surface area contributed by atoms with E-state index in [2.05, 4.69) is 45.1 Å². The fourth-order valence-corrected chi connectivity index (χ4v) is 2.46. The molecule has 0 amide bonds. The summed E-state index contributed by atoms with van der Waals surface area (Å²) in [7, 11) is 0. The van der Waals surface area contributed by atoms with E-state index in [1.807, 2.05) is 11.3 Å². The van der Waals surface area contributed by atoms with Crippen molar-refractivity contribution >= 4 is 11.3 Å². The molecule has 2 nitrogen and oxygen atoms in total. The molecule has 0 unspecified atom stereocenters. The van der Waals surface area contributed by atoms with E-state index in [1.54, 1.807) is 0 Å². The predicted molar refractivity (Wildman–Crippen MR) is 80.0 cm³/mol. The first-order chi connectivity index (χ1) is 8.51. The summed E-state index contributed by atoms with van der Waals surface area (Å²) in [6.45, 7) is 12.6. The van der Waals surface area contributed by atoms with Gasteiger partial charge in [-0.25, -0.2) is 0 Å². The fraction of sp³-hybridized carbons (Fsp3) is 0.733. The lowest BCUT2D eigenvalue weighted by Crippen LogP contribution is -2.12. The van der Waals surface area contributed by atoms with Crippen molar-refractivity contribution in [3.05, 3.63) is 21.9 Å². The second-order valence-electron chi connectivity index (χ2n) is 5.91. The molecule has 3 heteroatoms. The second-order valence-corrected chi connectivity index (χ2v) is 7.16. The Morgan fingerprint density at radius 1 is 1.22 bits per heavy atom. The third-order valence-corrected chi connectivity index (χ3v) is 3.74. The van der Waals surface area contributed by atoms with Gasteiger partial charge in [-0.2, -0.15) is 0 Å². The van der Waals surface area contributed by atoms with Gasteiger partial charge < -0.3 is 10.1 Å². The average Bonchev–Trinajstić information content (AvgIpc) is 2.72. The third-order valence-electron chi connectivity index (χ3n) is 2.68. The minimum absolute atomic E-state index is 0.366. The lowest BCUT2D eigenvalue weighted by atomic mass is 9.93. The van der Waals surface area contributed by atoms with Crippen LogP contribution in [0.2, 0.25) is 0 Å². The molecule has 0 atom stereocenters. The van der Waals surface area contributed by atoms with Gasteiger partial charge in [0.05, 0.1) is 6.61 Å². The Balaban J connectivity index is 2.19. The Bertz CT molecular complexity index is 327. The first-order valence-electron chi connectivity index (χ1n) is 6.87. The van der Waals surface area contributed by atoms with Gasteiger partial charge in [0.15, 0.2) is 0 Å². The van der Waals surface area contributed by atoms with E-state index in [-0.39, 0.29) is 0 Å². The van der Waals surface area contributed by atoms with Crippen molar-refractivity contribution in [3.63, 3.8) is 0 Å². The van der Waals surface area contributed by atoms with E-state index in [0.29, 0.717) is 5.41 Å². The highest BCUT2D eigenvalue weighted by molar-refractivity contribution is 7.11. The molecule has 0 radical (unpaired) electrons. The zero-order chi connectivity index (χ0) is 13.4. The van der Waals surface area contributed by atoms with Gasteiger partial charge in [0.2, 0.25) is 0 Å². The topological polar surface area (TPSA) is 21.3 Å². The first kappa shape index (κ1) is 15.7. The molecule has 1 aromatic heterocycles. The molecule has 0 aromatic carbocycles. The summed E-state index contributed by atoms with van der Waals surface area (Å²) < 4.78 is 5.72. The zero-order valence-corrected chi connectivity index (χ0v) is 13.0. The van der Waals surface area contributed by atoms with Gasteiger partial charge >= 0.3 is 0 Å². The van der Waals surface area contributed by atoms with Gasteiger partial charge in [-0.1, -0.05) is 27.7 Å². The van der Waals surface area contributed by atoms with Crippen molar-refractivity contribution in [1.82, 2.24) is 5.32 Å². The molecule has 0 spiro atoms. The van der Waals surface area contributed by atoms with Gasteiger partial charge in [-0.15, -0.1) is 11.3 Å². The van der Waals surface area contributed by atoms with Crippen LogP contribution in [0.1, 0.15) is 50.3 Å². The van der Waals surface area contributed by atoms with Crippen LogP contribution in [0.5, 0.6) is 0 Å². The van der Waals surface area contributed by atoms with Crippen molar-refractivity contribution in [3.8, 4) is 0 Å². The average molecular weight is 269 g/mol. The molecule has 1 N–H and O–H groups in total. The number of rotatable bonds is 8. The van der Waals surface area contributed by atoms with Crippen LogP contribution in [0.15, 0.2) is 12.1 Å². The molecule has 0 saturated heterocycles. The largest absolute Gasteiger partial charge is 0.376 e. The van der Waals surface area contributed by atoms with Crippen LogP contribution in [0, 0.1) is 5.41 Å². The molecule has 0 fully saturated rings. The van der Waals surface area contributed by atoms with Crippen molar-refractivity contribution < 1.29 is 4.74 Å². The molecular formula is C15H27NOS. The normalized spacial score (nSPS) is 12.0. The lowest BCUT2D eigenvalue weighted by molar-refractivity contribution is 0.0980. The van der Waals surface area contributed by atoms with Gasteiger partial charge in [0.25, 0.3) is 0 Å². The van der Waals surface area contributed by atoms with E-state index < -0.39 is 0 Å². The molecule has 1 aromatic rings. The highest BCUT2D eigenvalue weighted by atomic mass is 32.1. The highest BCUT2D eigenvalue weighted by Crippen LogP contribution is 2.20. The maximum Gasteiger partial charge on any atom is 0.0809 e. The van der Waals surface area contributed by atoms with Crippen LogP contribution in [-0.2, 0) is 17.9 Å². The summed E-state index contributed by atoms with van der Waals surface area (Å²) in [6.07, 6.45) is 2.30. The van der Waals surface area contributed by atoms with E-state index in [1.165, 1.54) is 16.2 Å². The van der Waals surface area contributed by atoms with Crippen LogP contribution in [0.3, 0.4) is 0 Å². The standard InChI is InChI=1S/C15H27NOS/c1-5-9-16-11-13-6-7-14(18-13)12-17-10-8-15(2,3)4/h6-7,16H,5,8-12H2,1-4H3. The predicted octanol–water partition coefficient (Wildman–Crippen LogP) is 4.20. The SMILES string of the molecule is CCCNCc1ccc(COCCC(C)(C)C)s1. The Labute approximate surface area is 116 Å². The number of ether oxygens (including phenoxy) is 1. The molecule has 1 heterocycles. The molecule has 0 saturated carbocycles. The van der Waals surface area contributed by atoms with Gasteiger partial charge in [-0.05, 0) is 36.9 Å². The zero-order valence-electron chi connectivity index (χ0n) is 12.2. The third kappa shape index (κ3) is 7.14. The monoisotopic (exact) mass is 269 g/mol. The first-order valence-corrected chi connectivity index (χ1v) is 7.69. The van der Waals surface area contributed by atoms with Crippen LogP contribution in [-0.4, -0.2) is 13.2 Å². The number of thiophene rings is 1.